The fourth-order valence-corrected chi connectivity index (χ4v) is 2.54. The molecular weight excluding hydrogens is 300 g/mol. The van der Waals surface area contributed by atoms with Crippen LogP contribution in [0, 0.1) is 6.92 Å². The maximum absolute atomic E-state index is 12.1. The zero-order valence-corrected chi connectivity index (χ0v) is 14.9. The minimum absolute atomic E-state index is 0.0873. The smallest absolute Gasteiger partial charge is 0.332 e. The first kappa shape index (κ1) is 17.6. The first-order valence-electron chi connectivity index (χ1n) is 7.81. The van der Waals surface area contributed by atoms with Crippen molar-refractivity contribution in [3.05, 3.63) is 81.8 Å². The third kappa shape index (κ3) is 3.43. The molecule has 0 amide bonds. The van der Waals surface area contributed by atoms with Gasteiger partial charge in [0.05, 0.1) is 5.69 Å². The zero-order valence-electron chi connectivity index (χ0n) is 14.9. The summed E-state index contributed by atoms with van der Waals surface area (Å²) in [5.41, 5.74) is 5.02. The number of nitrogens with zero attached hydrogens (tertiary/aromatic N) is 2. The van der Waals surface area contributed by atoms with Gasteiger partial charge in [0.1, 0.15) is 5.76 Å². The summed E-state index contributed by atoms with van der Waals surface area (Å²) in [6.07, 6.45) is 5.35. The second-order valence-electron chi connectivity index (χ2n) is 6.32. The Morgan fingerprint density at radius 2 is 1.88 bits per heavy atom. The van der Waals surface area contributed by atoms with Crippen LogP contribution in [0.2, 0.25) is 0 Å². The van der Waals surface area contributed by atoms with Gasteiger partial charge in [-0.25, -0.2) is 4.79 Å². The molecule has 0 aliphatic carbocycles. The Hall–Kier alpha value is -2.75. The number of imidazole rings is 1. The van der Waals surface area contributed by atoms with Crippen LogP contribution >= 0.6 is 0 Å². The van der Waals surface area contributed by atoms with Crippen LogP contribution in [0.5, 0.6) is 0 Å². The maximum Gasteiger partial charge on any atom is 0.332 e. The van der Waals surface area contributed by atoms with Crippen molar-refractivity contribution in [2.24, 2.45) is 7.05 Å². The van der Waals surface area contributed by atoms with Gasteiger partial charge in [-0.15, -0.1) is 0 Å². The molecule has 24 heavy (non-hydrogen) atoms. The Bertz CT molecular complexity index is 904. The van der Waals surface area contributed by atoms with Crippen molar-refractivity contribution in [1.29, 1.82) is 0 Å². The Morgan fingerprint density at radius 1 is 1.21 bits per heavy atom. The molecule has 2 aromatic rings. The summed E-state index contributed by atoms with van der Waals surface area (Å²) in [4.78, 5) is 12.1. The molecule has 0 saturated carbocycles. The second kappa shape index (κ2) is 6.79. The van der Waals surface area contributed by atoms with Gasteiger partial charge in [0.25, 0.3) is 0 Å². The van der Waals surface area contributed by atoms with Crippen LogP contribution in [0.1, 0.15) is 31.9 Å². The van der Waals surface area contributed by atoms with E-state index in [1.807, 2.05) is 52.0 Å². The lowest BCUT2D eigenvalue weighted by Crippen LogP contribution is -2.21. The number of rotatable bonds is 4. The Balaban J connectivity index is 2.59. The van der Waals surface area contributed by atoms with E-state index in [-0.39, 0.29) is 11.4 Å². The highest BCUT2D eigenvalue weighted by Gasteiger charge is 2.12. The molecule has 4 nitrogen and oxygen atoms in total. The molecule has 0 spiro atoms. The van der Waals surface area contributed by atoms with E-state index < -0.39 is 0 Å². The van der Waals surface area contributed by atoms with Crippen molar-refractivity contribution in [3.8, 4) is 5.69 Å². The number of hydrogen-bond acceptors (Lipinski definition) is 2. The predicted molar refractivity (Wildman–Crippen MR) is 99.5 cm³/mol. The molecule has 0 saturated heterocycles. The fourth-order valence-electron chi connectivity index (χ4n) is 2.54. The quantitative estimate of drug-likeness (QED) is 0.673. The Kier molecular flexibility index (Phi) is 4.98. The summed E-state index contributed by atoms with van der Waals surface area (Å²) in [6.45, 7) is 11.5. The normalized spacial score (nSPS) is 11.5. The number of allylic oxidation sites excluding steroid dienone is 4. The third-order valence-corrected chi connectivity index (χ3v) is 3.83. The van der Waals surface area contributed by atoms with Crippen LogP contribution in [0.4, 0.5) is 0 Å². The molecule has 4 heteroatoms. The zero-order chi connectivity index (χ0) is 18.0. The Morgan fingerprint density at radius 3 is 2.33 bits per heavy atom. The average Bonchev–Trinajstić information content (AvgIpc) is 2.83. The maximum atomic E-state index is 12.1. The largest absolute Gasteiger partial charge is 0.507 e. The average molecular weight is 324 g/mol. The second-order valence-corrected chi connectivity index (χ2v) is 6.32. The first-order chi connectivity index (χ1) is 11.2. The van der Waals surface area contributed by atoms with Crippen LogP contribution in [-0.4, -0.2) is 14.2 Å². The van der Waals surface area contributed by atoms with E-state index >= 15 is 0 Å². The van der Waals surface area contributed by atoms with Crippen LogP contribution < -0.4 is 5.69 Å². The fraction of sp³-hybridized carbons (Fsp3) is 0.250. The van der Waals surface area contributed by atoms with Gasteiger partial charge in [-0.3, -0.25) is 4.57 Å². The minimum Gasteiger partial charge on any atom is -0.507 e. The van der Waals surface area contributed by atoms with Gasteiger partial charge < -0.3 is 9.67 Å². The molecule has 1 heterocycles. The highest BCUT2D eigenvalue weighted by Crippen LogP contribution is 2.27. The van der Waals surface area contributed by atoms with Gasteiger partial charge in [-0.2, -0.15) is 0 Å². The van der Waals surface area contributed by atoms with Crippen LogP contribution in [0.25, 0.3) is 11.3 Å². The van der Waals surface area contributed by atoms with E-state index in [1.165, 1.54) is 4.57 Å². The molecular formula is C20H24N2O2. The molecule has 1 N–H and O–H groups in total. The number of hydrogen-bond donors (Lipinski definition) is 1. The van der Waals surface area contributed by atoms with Crippen molar-refractivity contribution in [3.63, 3.8) is 0 Å². The summed E-state index contributed by atoms with van der Waals surface area (Å²) in [6, 6.07) is 5.79. The molecule has 2 rings (SSSR count). The van der Waals surface area contributed by atoms with E-state index in [9.17, 15) is 9.90 Å². The third-order valence-electron chi connectivity index (χ3n) is 3.83. The summed E-state index contributed by atoms with van der Waals surface area (Å²) in [7, 11) is 1.73. The lowest BCUT2D eigenvalue weighted by atomic mass is 9.97. The predicted octanol–water partition coefficient (Wildman–Crippen LogP) is 4.30. The topological polar surface area (TPSA) is 47.2 Å². The van der Waals surface area contributed by atoms with Crippen molar-refractivity contribution in [1.82, 2.24) is 9.13 Å². The summed E-state index contributed by atoms with van der Waals surface area (Å²) >= 11 is 0. The highest BCUT2D eigenvalue weighted by atomic mass is 16.3. The lowest BCUT2D eigenvalue weighted by molar-refractivity contribution is 0.431. The van der Waals surface area contributed by atoms with Gasteiger partial charge in [-0.05, 0) is 62.6 Å². The summed E-state index contributed by atoms with van der Waals surface area (Å²) < 4.78 is 3.15. The van der Waals surface area contributed by atoms with Crippen LogP contribution in [-0.2, 0) is 7.05 Å². The van der Waals surface area contributed by atoms with Crippen LogP contribution in [0.15, 0.2) is 64.9 Å². The van der Waals surface area contributed by atoms with Crippen LogP contribution in [0.3, 0.4) is 0 Å². The highest BCUT2D eigenvalue weighted by molar-refractivity contribution is 5.80. The van der Waals surface area contributed by atoms with Crippen molar-refractivity contribution >= 4 is 5.57 Å². The van der Waals surface area contributed by atoms with E-state index in [0.717, 1.165) is 33.5 Å². The van der Waals surface area contributed by atoms with Gasteiger partial charge in [0.15, 0.2) is 0 Å². The van der Waals surface area contributed by atoms with Gasteiger partial charge in [0, 0.05) is 25.0 Å². The SMILES string of the molecule is C=C(C)/C=C(\C(O)=C(C)C)c1ccc(-n2ccn(C)c2=O)c(C)c1. The number of benzene rings is 1. The standard InChI is InChI=1S/C20H24N2O2/c1-13(2)11-17(19(23)14(3)4)16-7-8-18(15(5)12-16)22-10-9-21(6)20(22)24/h7-12,23H,1H2,2-6H3/b17-11-. The van der Waals surface area contributed by atoms with Gasteiger partial charge in [0.2, 0.25) is 0 Å². The summed E-state index contributed by atoms with van der Waals surface area (Å²) in [5, 5.41) is 10.4. The number of aliphatic hydroxyl groups is 1. The molecule has 0 atom stereocenters. The van der Waals surface area contributed by atoms with Crippen molar-refractivity contribution in [2.75, 3.05) is 0 Å². The molecule has 0 aliphatic rings. The van der Waals surface area contributed by atoms with Crippen molar-refractivity contribution in [2.45, 2.75) is 27.7 Å². The molecule has 0 bridgehead atoms. The number of aliphatic hydroxyl groups excluding tert-OH is 1. The molecule has 0 radical (unpaired) electrons. The van der Waals surface area contributed by atoms with Gasteiger partial charge >= 0.3 is 5.69 Å². The molecule has 1 aromatic carbocycles. The molecule has 1 aromatic heterocycles. The van der Waals surface area contributed by atoms with E-state index in [2.05, 4.69) is 6.58 Å². The molecule has 0 aliphatic heterocycles. The van der Waals surface area contributed by atoms with Crippen molar-refractivity contribution < 1.29 is 5.11 Å². The van der Waals surface area contributed by atoms with Gasteiger partial charge in [-0.1, -0.05) is 18.2 Å². The monoisotopic (exact) mass is 324 g/mol. The minimum atomic E-state index is -0.0873. The van der Waals surface area contributed by atoms with E-state index in [4.69, 9.17) is 0 Å². The molecule has 126 valence electrons. The lowest BCUT2D eigenvalue weighted by Gasteiger charge is -2.13. The molecule has 0 fully saturated rings. The number of aryl methyl sites for hydroxylation is 2. The number of aromatic nitrogens is 2. The Labute approximate surface area is 142 Å². The molecule has 0 unspecified atom stereocenters. The van der Waals surface area contributed by atoms with E-state index in [0.29, 0.717) is 0 Å². The first-order valence-corrected chi connectivity index (χ1v) is 7.81. The summed E-state index contributed by atoms with van der Waals surface area (Å²) in [5.74, 6) is 0.252. The van der Waals surface area contributed by atoms with E-state index in [1.54, 1.807) is 24.0 Å².